The molecule has 0 radical (unpaired) electrons. The second-order valence-corrected chi connectivity index (χ2v) is 5.23. The number of carbonyl (C=O) groups is 2. The molecule has 0 aromatic heterocycles. The van der Waals surface area contributed by atoms with Gasteiger partial charge in [0.25, 0.3) is 5.91 Å². The second kappa shape index (κ2) is 7.09. The molecule has 1 heterocycles. The number of benzene rings is 2. The number of esters is 1. The van der Waals surface area contributed by atoms with Gasteiger partial charge in [-0.05, 0) is 42.8 Å². The van der Waals surface area contributed by atoms with Crippen LogP contribution in [0.5, 0.6) is 0 Å². The van der Waals surface area contributed by atoms with Gasteiger partial charge in [-0.15, -0.1) is 0 Å². The largest absolute Gasteiger partial charge is 0.461 e. The highest BCUT2D eigenvalue weighted by molar-refractivity contribution is 6.54. The third kappa shape index (κ3) is 3.47. The van der Waals surface area contributed by atoms with E-state index < -0.39 is 11.9 Å². The second-order valence-electron chi connectivity index (χ2n) is 5.23. The average molecular weight is 338 g/mol. The van der Waals surface area contributed by atoms with Gasteiger partial charge < -0.3 is 4.74 Å². The van der Waals surface area contributed by atoms with Crippen molar-refractivity contribution in [3.8, 4) is 0 Å². The van der Waals surface area contributed by atoms with Crippen molar-refractivity contribution < 1.29 is 18.7 Å². The van der Waals surface area contributed by atoms with E-state index in [0.717, 1.165) is 5.01 Å². The van der Waals surface area contributed by atoms with Crippen molar-refractivity contribution in [3.05, 3.63) is 71.6 Å². The van der Waals surface area contributed by atoms with Crippen LogP contribution in [0.25, 0.3) is 6.08 Å². The minimum Gasteiger partial charge on any atom is -0.461 e. The van der Waals surface area contributed by atoms with Crippen LogP contribution in [-0.4, -0.2) is 24.2 Å². The lowest BCUT2D eigenvalue weighted by Crippen LogP contribution is -2.22. The van der Waals surface area contributed by atoms with Gasteiger partial charge in [0.05, 0.1) is 17.9 Å². The van der Waals surface area contributed by atoms with Crippen LogP contribution < -0.4 is 5.01 Å². The van der Waals surface area contributed by atoms with E-state index in [0.29, 0.717) is 11.3 Å². The number of ether oxygens (including phenoxy) is 1. The highest BCUT2D eigenvalue weighted by atomic mass is 19.1. The molecule has 1 aliphatic rings. The molecule has 3 rings (SSSR count). The molecular weight excluding hydrogens is 323 g/mol. The van der Waals surface area contributed by atoms with Crippen molar-refractivity contribution in [2.75, 3.05) is 11.6 Å². The first kappa shape index (κ1) is 16.6. The van der Waals surface area contributed by atoms with Crippen molar-refractivity contribution >= 4 is 29.4 Å². The number of amides is 1. The van der Waals surface area contributed by atoms with Gasteiger partial charge in [0.1, 0.15) is 5.82 Å². The number of carbonyl (C=O) groups excluding carboxylic acids is 2. The summed E-state index contributed by atoms with van der Waals surface area (Å²) in [6.07, 6.45) is 1.50. The number of hydrogen-bond donors (Lipinski definition) is 0. The number of nitrogens with zero attached hydrogens (tertiary/aromatic N) is 2. The standard InChI is InChI=1S/C19H15FN2O3/c1-2-25-19(24)17-16(12-13-8-10-14(20)11-9-13)18(23)22(21-17)15-6-4-3-5-7-15/h3-12H,2H2,1H3/b16-12+. The highest BCUT2D eigenvalue weighted by Crippen LogP contribution is 2.25. The summed E-state index contributed by atoms with van der Waals surface area (Å²) in [5, 5.41) is 5.29. The van der Waals surface area contributed by atoms with E-state index in [4.69, 9.17) is 4.74 Å². The zero-order valence-electron chi connectivity index (χ0n) is 13.5. The number of hydrazone groups is 1. The maximum absolute atomic E-state index is 13.1. The van der Waals surface area contributed by atoms with Crippen molar-refractivity contribution in [1.29, 1.82) is 0 Å². The van der Waals surface area contributed by atoms with Crippen molar-refractivity contribution in [3.63, 3.8) is 0 Å². The first-order valence-electron chi connectivity index (χ1n) is 7.73. The summed E-state index contributed by atoms with van der Waals surface area (Å²) < 4.78 is 18.1. The Kier molecular flexibility index (Phi) is 4.70. The van der Waals surface area contributed by atoms with Crippen LogP contribution in [0.3, 0.4) is 0 Å². The minimum absolute atomic E-state index is 0.0694. The van der Waals surface area contributed by atoms with Crippen LogP contribution in [0.1, 0.15) is 12.5 Å². The summed E-state index contributed by atoms with van der Waals surface area (Å²) >= 11 is 0. The van der Waals surface area contributed by atoms with Gasteiger partial charge in [-0.2, -0.15) is 10.1 Å². The Labute approximate surface area is 144 Å². The molecule has 0 bridgehead atoms. The van der Waals surface area contributed by atoms with Gasteiger partial charge >= 0.3 is 5.97 Å². The van der Waals surface area contributed by atoms with E-state index in [1.807, 2.05) is 6.07 Å². The fourth-order valence-electron chi connectivity index (χ4n) is 2.36. The van der Waals surface area contributed by atoms with Gasteiger partial charge in [-0.3, -0.25) is 4.79 Å². The average Bonchev–Trinajstić information content (AvgIpc) is 2.95. The summed E-state index contributed by atoms with van der Waals surface area (Å²) in [7, 11) is 0. The molecule has 2 aromatic carbocycles. The molecule has 0 atom stereocenters. The number of para-hydroxylation sites is 1. The molecule has 0 spiro atoms. The summed E-state index contributed by atoms with van der Waals surface area (Å²) in [5.41, 5.74) is 1.16. The molecule has 0 N–H and O–H groups in total. The molecular formula is C19H15FN2O3. The molecule has 0 saturated heterocycles. The Bertz CT molecular complexity index is 858. The molecule has 0 fully saturated rings. The quantitative estimate of drug-likeness (QED) is 0.635. The lowest BCUT2D eigenvalue weighted by atomic mass is 10.1. The van der Waals surface area contributed by atoms with Crippen LogP contribution >= 0.6 is 0 Å². The summed E-state index contributed by atoms with van der Waals surface area (Å²) in [6.45, 7) is 1.84. The smallest absolute Gasteiger partial charge is 0.359 e. The van der Waals surface area contributed by atoms with Gasteiger partial charge in [0.15, 0.2) is 5.71 Å². The molecule has 5 nitrogen and oxygen atoms in total. The number of hydrogen-bond acceptors (Lipinski definition) is 4. The Morgan fingerprint density at radius 2 is 1.84 bits per heavy atom. The van der Waals surface area contributed by atoms with E-state index >= 15 is 0 Å². The van der Waals surface area contributed by atoms with Crippen molar-refractivity contribution in [2.45, 2.75) is 6.92 Å². The minimum atomic E-state index is -0.678. The van der Waals surface area contributed by atoms with Crippen molar-refractivity contribution in [2.24, 2.45) is 5.10 Å². The predicted octanol–water partition coefficient (Wildman–Crippen LogP) is 3.18. The topological polar surface area (TPSA) is 59.0 Å². The first-order valence-corrected chi connectivity index (χ1v) is 7.73. The first-order chi connectivity index (χ1) is 12.1. The van der Waals surface area contributed by atoms with E-state index in [2.05, 4.69) is 5.10 Å². The molecule has 6 heteroatoms. The van der Waals surface area contributed by atoms with Gasteiger partial charge in [0.2, 0.25) is 0 Å². The van der Waals surface area contributed by atoms with Gasteiger partial charge in [-0.1, -0.05) is 30.3 Å². The fraction of sp³-hybridized carbons (Fsp3) is 0.105. The van der Waals surface area contributed by atoms with E-state index in [1.54, 1.807) is 31.2 Å². The molecule has 25 heavy (non-hydrogen) atoms. The normalized spacial score (nSPS) is 15.4. The third-order valence-corrected chi connectivity index (χ3v) is 3.53. The fourth-order valence-corrected chi connectivity index (χ4v) is 2.36. The summed E-state index contributed by atoms with van der Waals surface area (Å²) in [6, 6.07) is 14.4. The summed E-state index contributed by atoms with van der Waals surface area (Å²) in [5.74, 6) is -1.51. The van der Waals surface area contributed by atoms with Crippen molar-refractivity contribution in [1.82, 2.24) is 0 Å². The van der Waals surface area contributed by atoms with E-state index in [1.165, 1.54) is 30.3 Å². The Morgan fingerprint density at radius 3 is 2.48 bits per heavy atom. The SMILES string of the molecule is CCOC(=O)C1=NN(c2ccccc2)C(=O)/C1=C/c1ccc(F)cc1. The van der Waals surface area contributed by atoms with Crippen LogP contribution in [-0.2, 0) is 14.3 Å². The maximum Gasteiger partial charge on any atom is 0.359 e. The molecule has 0 aliphatic carbocycles. The highest BCUT2D eigenvalue weighted by Gasteiger charge is 2.35. The Balaban J connectivity index is 2.03. The zero-order chi connectivity index (χ0) is 17.8. The predicted molar refractivity (Wildman–Crippen MR) is 92.4 cm³/mol. The monoisotopic (exact) mass is 338 g/mol. The molecule has 126 valence electrons. The summed E-state index contributed by atoms with van der Waals surface area (Å²) in [4.78, 5) is 24.9. The third-order valence-electron chi connectivity index (χ3n) is 3.53. The van der Waals surface area contributed by atoms with E-state index in [9.17, 15) is 14.0 Å². The van der Waals surface area contributed by atoms with Crippen LogP contribution in [0, 0.1) is 5.82 Å². The molecule has 1 amide bonds. The van der Waals surface area contributed by atoms with E-state index in [-0.39, 0.29) is 23.7 Å². The Morgan fingerprint density at radius 1 is 1.16 bits per heavy atom. The molecule has 1 aliphatic heterocycles. The van der Waals surface area contributed by atoms with Crippen LogP contribution in [0.4, 0.5) is 10.1 Å². The van der Waals surface area contributed by atoms with Crippen LogP contribution in [0.2, 0.25) is 0 Å². The number of rotatable bonds is 4. The molecule has 2 aromatic rings. The van der Waals surface area contributed by atoms with Gasteiger partial charge in [0, 0.05) is 0 Å². The Hall–Kier alpha value is -3.28. The van der Waals surface area contributed by atoms with Crippen LogP contribution in [0.15, 0.2) is 65.3 Å². The number of anilines is 1. The molecule has 0 unspecified atom stereocenters. The zero-order valence-corrected chi connectivity index (χ0v) is 13.5. The lowest BCUT2D eigenvalue weighted by Gasteiger charge is -2.10. The number of halogens is 1. The van der Waals surface area contributed by atoms with Gasteiger partial charge in [-0.25, -0.2) is 9.18 Å². The lowest BCUT2D eigenvalue weighted by molar-refractivity contribution is -0.135. The molecule has 0 saturated carbocycles. The maximum atomic E-state index is 13.1.